The molecule has 0 aliphatic carbocycles. The van der Waals surface area contributed by atoms with Crippen molar-refractivity contribution < 1.29 is 17.9 Å². The molecule has 0 aromatic carbocycles. The first-order chi connectivity index (χ1) is 8.27. The molecule has 1 rings (SSSR count). The van der Waals surface area contributed by atoms with E-state index in [-0.39, 0.29) is 22.4 Å². The average molecular weight is 336 g/mol. The number of rotatable bonds is 4. The maximum atomic E-state index is 12.1. The zero-order chi connectivity index (χ0) is 13.9. The van der Waals surface area contributed by atoms with E-state index in [1.165, 1.54) is 19.2 Å². The highest BCUT2D eigenvalue weighted by atomic mass is 79.9. The van der Waals surface area contributed by atoms with Crippen LogP contribution in [0.4, 0.5) is 0 Å². The van der Waals surface area contributed by atoms with Crippen molar-refractivity contribution in [1.82, 2.24) is 4.98 Å². The fraction of sp³-hybridized carbons (Fsp3) is 0.455. The molecule has 0 amide bonds. The van der Waals surface area contributed by atoms with Gasteiger partial charge in [-0.2, -0.15) is 0 Å². The van der Waals surface area contributed by atoms with Gasteiger partial charge < -0.3 is 4.74 Å². The highest BCUT2D eigenvalue weighted by molar-refractivity contribution is 9.10. The molecule has 0 aliphatic heterocycles. The van der Waals surface area contributed by atoms with E-state index in [0.29, 0.717) is 4.47 Å². The molecule has 0 unspecified atom stereocenters. The van der Waals surface area contributed by atoms with Gasteiger partial charge in [0.15, 0.2) is 14.9 Å². The molecule has 0 aliphatic rings. The molecule has 18 heavy (non-hydrogen) atoms. The van der Waals surface area contributed by atoms with Gasteiger partial charge in [-0.1, -0.05) is 13.8 Å². The van der Waals surface area contributed by atoms with Gasteiger partial charge in [-0.25, -0.2) is 18.2 Å². The zero-order valence-corrected chi connectivity index (χ0v) is 12.7. The minimum absolute atomic E-state index is 0.0227. The number of esters is 1. The number of sulfone groups is 1. The van der Waals surface area contributed by atoms with Crippen LogP contribution in [-0.2, 0) is 14.6 Å². The van der Waals surface area contributed by atoms with E-state index < -0.39 is 15.8 Å². The van der Waals surface area contributed by atoms with Crippen LogP contribution in [0.1, 0.15) is 24.3 Å². The van der Waals surface area contributed by atoms with Gasteiger partial charge in [-0.15, -0.1) is 0 Å². The predicted octanol–water partition coefficient (Wildman–Crippen LogP) is 2.06. The summed E-state index contributed by atoms with van der Waals surface area (Å²) in [6.45, 7) is 3.60. The van der Waals surface area contributed by atoms with E-state index >= 15 is 0 Å². The highest BCUT2D eigenvalue weighted by Crippen LogP contribution is 2.22. The SMILES string of the molecule is COC(=O)c1ccc(Br)c(S(=O)(=O)CC(C)C)n1. The number of methoxy groups -OCH3 is 1. The smallest absolute Gasteiger partial charge is 0.356 e. The Balaban J connectivity index is 3.28. The standard InChI is InChI=1S/C11H14BrNO4S/c1-7(2)6-18(15,16)10-8(12)4-5-9(13-10)11(14)17-3/h4-5,7H,6H2,1-3H3. The average Bonchev–Trinajstić information content (AvgIpc) is 2.26. The normalized spacial score (nSPS) is 11.6. The minimum Gasteiger partial charge on any atom is -0.464 e. The molecule has 0 atom stereocenters. The third-order valence-electron chi connectivity index (χ3n) is 2.06. The number of carbonyl (C=O) groups excluding carboxylic acids is 1. The molecular weight excluding hydrogens is 322 g/mol. The van der Waals surface area contributed by atoms with Gasteiger partial charge in [0.2, 0.25) is 0 Å². The Bertz CT molecular complexity index is 554. The first-order valence-electron chi connectivity index (χ1n) is 5.25. The molecule has 100 valence electrons. The first kappa shape index (κ1) is 15.1. The number of aromatic nitrogens is 1. The molecule has 1 aromatic heterocycles. The number of hydrogen-bond donors (Lipinski definition) is 0. The molecule has 0 spiro atoms. The molecule has 5 nitrogen and oxygen atoms in total. The Morgan fingerprint density at radius 2 is 2.06 bits per heavy atom. The molecule has 0 N–H and O–H groups in total. The molecule has 0 fully saturated rings. The first-order valence-corrected chi connectivity index (χ1v) is 7.70. The Labute approximate surface area is 115 Å². The number of nitrogens with zero attached hydrogens (tertiary/aromatic N) is 1. The summed E-state index contributed by atoms with van der Waals surface area (Å²) >= 11 is 3.13. The molecule has 7 heteroatoms. The van der Waals surface area contributed by atoms with Crippen molar-refractivity contribution in [3.05, 3.63) is 22.3 Å². The van der Waals surface area contributed by atoms with Crippen molar-refractivity contribution in [2.75, 3.05) is 12.9 Å². The fourth-order valence-corrected chi connectivity index (χ4v) is 3.98. The minimum atomic E-state index is -3.52. The lowest BCUT2D eigenvalue weighted by molar-refractivity contribution is 0.0593. The molecular formula is C11H14BrNO4S. The molecule has 0 radical (unpaired) electrons. The van der Waals surface area contributed by atoms with Crippen LogP contribution >= 0.6 is 15.9 Å². The predicted molar refractivity (Wildman–Crippen MR) is 70.2 cm³/mol. The van der Waals surface area contributed by atoms with Crippen LogP contribution < -0.4 is 0 Å². The second-order valence-corrected chi connectivity index (χ2v) is 6.95. The maximum absolute atomic E-state index is 12.1. The van der Waals surface area contributed by atoms with Crippen LogP contribution in [0, 0.1) is 5.92 Å². The van der Waals surface area contributed by atoms with Crippen molar-refractivity contribution in [3.8, 4) is 0 Å². The van der Waals surface area contributed by atoms with E-state index in [2.05, 4.69) is 25.7 Å². The van der Waals surface area contributed by atoms with Gasteiger partial charge in [-0.3, -0.25) is 0 Å². The monoisotopic (exact) mass is 335 g/mol. The summed E-state index contributed by atoms with van der Waals surface area (Å²) in [5.74, 6) is -0.711. The van der Waals surface area contributed by atoms with Gasteiger partial charge in [0.25, 0.3) is 0 Å². The van der Waals surface area contributed by atoms with Crippen molar-refractivity contribution in [3.63, 3.8) is 0 Å². The summed E-state index contributed by atoms with van der Waals surface area (Å²) in [4.78, 5) is 15.2. The van der Waals surface area contributed by atoms with Crippen LogP contribution in [-0.4, -0.2) is 32.2 Å². The number of pyridine rings is 1. The largest absolute Gasteiger partial charge is 0.464 e. The molecule has 1 aromatic rings. The summed E-state index contributed by atoms with van der Waals surface area (Å²) in [5, 5.41) is -0.126. The summed E-state index contributed by atoms with van der Waals surface area (Å²) in [6.07, 6.45) is 0. The van der Waals surface area contributed by atoms with E-state index in [1.807, 2.05) is 0 Å². The number of halogens is 1. The maximum Gasteiger partial charge on any atom is 0.356 e. The van der Waals surface area contributed by atoms with Crippen molar-refractivity contribution >= 4 is 31.7 Å². The Hall–Kier alpha value is -0.950. The lowest BCUT2D eigenvalue weighted by Gasteiger charge is -2.09. The Kier molecular flexibility index (Phi) is 4.86. The molecule has 0 saturated carbocycles. The third kappa shape index (κ3) is 3.52. The lowest BCUT2D eigenvalue weighted by Crippen LogP contribution is -2.16. The van der Waals surface area contributed by atoms with Crippen LogP contribution in [0.3, 0.4) is 0 Å². The summed E-state index contributed by atoms with van der Waals surface area (Å²) in [6, 6.07) is 2.89. The summed E-state index contributed by atoms with van der Waals surface area (Å²) in [7, 11) is -2.30. The Morgan fingerprint density at radius 3 is 2.56 bits per heavy atom. The van der Waals surface area contributed by atoms with E-state index in [4.69, 9.17) is 0 Å². The summed E-state index contributed by atoms with van der Waals surface area (Å²) in [5.41, 5.74) is -0.0250. The quantitative estimate of drug-likeness (QED) is 0.787. The summed E-state index contributed by atoms with van der Waals surface area (Å²) < 4.78 is 29.0. The van der Waals surface area contributed by atoms with E-state index in [9.17, 15) is 13.2 Å². The van der Waals surface area contributed by atoms with Crippen LogP contribution in [0.25, 0.3) is 0 Å². The Morgan fingerprint density at radius 1 is 1.44 bits per heavy atom. The van der Waals surface area contributed by atoms with Gasteiger partial charge in [-0.05, 0) is 34.0 Å². The van der Waals surface area contributed by atoms with Crippen molar-refractivity contribution in [2.24, 2.45) is 5.92 Å². The van der Waals surface area contributed by atoms with Crippen LogP contribution in [0.5, 0.6) is 0 Å². The second-order valence-electron chi connectivity index (χ2n) is 4.15. The van der Waals surface area contributed by atoms with E-state index in [0.717, 1.165) is 0 Å². The van der Waals surface area contributed by atoms with Gasteiger partial charge in [0.1, 0.15) is 5.69 Å². The highest BCUT2D eigenvalue weighted by Gasteiger charge is 2.23. The third-order valence-corrected chi connectivity index (χ3v) is 4.96. The molecule has 0 saturated heterocycles. The number of hydrogen-bond acceptors (Lipinski definition) is 5. The topological polar surface area (TPSA) is 73.3 Å². The molecule has 0 bridgehead atoms. The fourth-order valence-electron chi connectivity index (χ4n) is 1.38. The van der Waals surface area contributed by atoms with Crippen molar-refractivity contribution in [2.45, 2.75) is 18.9 Å². The zero-order valence-electron chi connectivity index (χ0n) is 10.3. The van der Waals surface area contributed by atoms with Crippen molar-refractivity contribution in [1.29, 1.82) is 0 Å². The van der Waals surface area contributed by atoms with Crippen LogP contribution in [0.2, 0.25) is 0 Å². The van der Waals surface area contributed by atoms with Gasteiger partial charge >= 0.3 is 5.97 Å². The van der Waals surface area contributed by atoms with Crippen LogP contribution in [0.15, 0.2) is 21.6 Å². The van der Waals surface area contributed by atoms with Gasteiger partial charge in [0, 0.05) is 0 Å². The van der Waals surface area contributed by atoms with E-state index in [1.54, 1.807) is 13.8 Å². The lowest BCUT2D eigenvalue weighted by atomic mass is 10.3. The van der Waals surface area contributed by atoms with Gasteiger partial charge in [0.05, 0.1) is 17.3 Å². The number of ether oxygens (including phenoxy) is 1. The molecule has 1 heterocycles. The number of carbonyl (C=O) groups is 1. The second kappa shape index (κ2) is 5.79.